The number of nitrogens with one attached hydrogen (secondary N) is 1. The van der Waals surface area contributed by atoms with E-state index in [-0.39, 0.29) is 5.91 Å². The molecule has 1 amide bonds. The highest BCUT2D eigenvalue weighted by atomic mass is 16.5. The predicted octanol–water partition coefficient (Wildman–Crippen LogP) is 2.90. The maximum absolute atomic E-state index is 12.3. The van der Waals surface area contributed by atoms with E-state index in [9.17, 15) is 4.79 Å². The first-order valence-corrected chi connectivity index (χ1v) is 7.87. The third-order valence-corrected chi connectivity index (χ3v) is 4.54. The van der Waals surface area contributed by atoms with Crippen LogP contribution in [0.1, 0.15) is 32.6 Å². The van der Waals surface area contributed by atoms with Crippen molar-refractivity contribution >= 4 is 11.6 Å². The zero-order chi connectivity index (χ0) is 14.8. The molecule has 1 N–H and O–H groups in total. The number of anilines is 1. The van der Waals surface area contributed by atoms with Crippen molar-refractivity contribution in [2.45, 2.75) is 44.7 Å². The van der Waals surface area contributed by atoms with Crippen molar-refractivity contribution < 1.29 is 9.53 Å². The molecule has 0 spiro atoms. The minimum absolute atomic E-state index is 0.0829. The van der Waals surface area contributed by atoms with E-state index < -0.39 is 0 Å². The fourth-order valence-corrected chi connectivity index (χ4v) is 2.90. The molecule has 4 nitrogen and oxygen atoms in total. The van der Waals surface area contributed by atoms with Crippen LogP contribution in [0.2, 0.25) is 0 Å². The van der Waals surface area contributed by atoms with Crippen LogP contribution in [-0.2, 0) is 4.79 Å². The third kappa shape index (κ3) is 3.76. The molecule has 1 atom stereocenters. The van der Waals surface area contributed by atoms with E-state index in [4.69, 9.17) is 4.74 Å². The molecule has 1 aromatic rings. The molecular weight excluding hydrogens is 264 g/mol. The molecule has 4 heteroatoms. The molecule has 2 fully saturated rings. The first-order valence-electron chi connectivity index (χ1n) is 7.87. The summed E-state index contributed by atoms with van der Waals surface area (Å²) in [4.78, 5) is 14.7. The number of amides is 1. The summed E-state index contributed by atoms with van der Waals surface area (Å²) in [5, 5.41) is 2.98. The first-order chi connectivity index (χ1) is 10.2. The highest BCUT2D eigenvalue weighted by molar-refractivity contribution is 5.92. The van der Waals surface area contributed by atoms with Gasteiger partial charge in [-0.25, -0.2) is 0 Å². The zero-order valence-corrected chi connectivity index (χ0v) is 12.8. The Morgan fingerprint density at radius 3 is 2.48 bits per heavy atom. The molecule has 1 aromatic carbocycles. The van der Waals surface area contributed by atoms with Gasteiger partial charge < -0.3 is 10.1 Å². The molecule has 0 bridgehead atoms. The van der Waals surface area contributed by atoms with Gasteiger partial charge in [0.25, 0.3) is 0 Å². The fraction of sp³-hybridized carbons (Fsp3) is 0.588. The smallest absolute Gasteiger partial charge is 0.238 e. The van der Waals surface area contributed by atoms with E-state index in [2.05, 4.69) is 17.1 Å². The van der Waals surface area contributed by atoms with Crippen molar-refractivity contribution in [2.75, 3.05) is 19.0 Å². The van der Waals surface area contributed by atoms with Gasteiger partial charge in [0.1, 0.15) is 5.75 Å². The van der Waals surface area contributed by atoms with Crippen LogP contribution in [0.3, 0.4) is 0 Å². The molecule has 1 unspecified atom stereocenters. The van der Waals surface area contributed by atoms with E-state index in [0.29, 0.717) is 18.6 Å². The highest BCUT2D eigenvalue weighted by Gasteiger charge is 2.39. The van der Waals surface area contributed by atoms with Gasteiger partial charge in [-0.3, -0.25) is 9.69 Å². The molecule has 2 saturated carbocycles. The first kappa shape index (κ1) is 14.4. The molecule has 2 aliphatic rings. The van der Waals surface area contributed by atoms with Crippen molar-refractivity contribution in [2.24, 2.45) is 5.92 Å². The molecule has 0 aliphatic heterocycles. The SMILES string of the molecule is COc1ccc(NC(=O)CN(C2CC2)C(C)C2CC2)cc1. The van der Waals surface area contributed by atoms with Gasteiger partial charge in [0.15, 0.2) is 0 Å². The van der Waals surface area contributed by atoms with Gasteiger partial charge in [0.2, 0.25) is 5.91 Å². The van der Waals surface area contributed by atoms with Crippen LogP contribution in [0.4, 0.5) is 5.69 Å². The van der Waals surface area contributed by atoms with Crippen molar-refractivity contribution in [1.82, 2.24) is 4.90 Å². The van der Waals surface area contributed by atoms with Crippen molar-refractivity contribution in [3.05, 3.63) is 24.3 Å². The second-order valence-electron chi connectivity index (χ2n) is 6.26. The largest absolute Gasteiger partial charge is 0.497 e. The summed E-state index contributed by atoms with van der Waals surface area (Å²) in [6.07, 6.45) is 5.13. The average molecular weight is 288 g/mol. The van der Waals surface area contributed by atoms with Crippen LogP contribution in [0.5, 0.6) is 5.75 Å². The number of rotatable bonds is 7. The molecule has 0 saturated heterocycles. The maximum atomic E-state index is 12.3. The fourth-order valence-electron chi connectivity index (χ4n) is 2.90. The number of benzene rings is 1. The second-order valence-corrected chi connectivity index (χ2v) is 6.26. The van der Waals surface area contributed by atoms with E-state index >= 15 is 0 Å². The van der Waals surface area contributed by atoms with Crippen molar-refractivity contribution in [3.8, 4) is 5.75 Å². The van der Waals surface area contributed by atoms with Gasteiger partial charge in [-0.1, -0.05) is 0 Å². The van der Waals surface area contributed by atoms with Crippen LogP contribution in [0, 0.1) is 5.92 Å². The predicted molar refractivity (Wildman–Crippen MR) is 83.5 cm³/mol. The van der Waals surface area contributed by atoms with E-state index in [0.717, 1.165) is 17.4 Å². The molecular formula is C17H24N2O2. The van der Waals surface area contributed by atoms with Gasteiger partial charge in [-0.05, 0) is 62.8 Å². The Hall–Kier alpha value is -1.55. The molecule has 0 aromatic heterocycles. The lowest BCUT2D eigenvalue weighted by molar-refractivity contribution is -0.118. The number of nitrogens with zero attached hydrogens (tertiary/aromatic N) is 1. The monoisotopic (exact) mass is 288 g/mol. The van der Waals surface area contributed by atoms with Gasteiger partial charge in [0, 0.05) is 17.8 Å². The normalized spacial score (nSPS) is 19.4. The second kappa shape index (κ2) is 6.06. The molecule has 21 heavy (non-hydrogen) atoms. The van der Waals surface area contributed by atoms with Crippen LogP contribution in [0.25, 0.3) is 0 Å². The molecule has 0 heterocycles. The van der Waals surface area contributed by atoms with Crippen molar-refractivity contribution in [1.29, 1.82) is 0 Å². The van der Waals surface area contributed by atoms with E-state index in [1.54, 1.807) is 7.11 Å². The average Bonchev–Trinajstić information content (AvgIpc) is 3.37. The van der Waals surface area contributed by atoms with E-state index in [1.807, 2.05) is 24.3 Å². The molecule has 114 valence electrons. The Morgan fingerprint density at radius 1 is 1.29 bits per heavy atom. The summed E-state index contributed by atoms with van der Waals surface area (Å²) >= 11 is 0. The van der Waals surface area contributed by atoms with Crippen LogP contribution >= 0.6 is 0 Å². The van der Waals surface area contributed by atoms with Crippen LogP contribution in [0.15, 0.2) is 24.3 Å². The molecule has 3 rings (SSSR count). The summed E-state index contributed by atoms with van der Waals surface area (Å²) in [5.41, 5.74) is 0.829. The van der Waals surface area contributed by atoms with Gasteiger partial charge >= 0.3 is 0 Å². The number of ether oxygens (including phenoxy) is 1. The minimum Gasteiger partial charge on any atom is -0.497 e. The molecule has 2 aliphatic carbocycles. The lowest BCUT2D eigenvalue weighted by Crippen LogP contribution is -2.42. The third-order valence-electron chi connectivity index (χ3n) is 4.54. The number of hydrogen-bond acceptors (Lipinski definition) is 3. The number of carbonyl (C=O) groups excluding carboxylic acids is 1. The Bertz CT molecular complexity index is 492. The number of carbonyl (C=O) groups is 1. The Labute approximate surface area is 126 Å². The summed E-state index contributed by atoms with van der Waals surface area (Å²) in [5.74, 6) is 1.69. The zero-order valence-electron chi connectivity index (χ0n) is 12.8. The topological polar surface area (TPSA) is 41.6 Å². The maximum Gasteiger partial charge on any atom is 0.238 e. The van der Waals surface area contributed by atoms with Crippen LogP contribution in [-0.4, -0.2) is 36.5 Å². The van der Waals surface area contributed by atoms with E-state index in [1.165, 1.54) is 25.7 Å². The molecule has 0 radical (unpaired) electrons. The van der Waals surface area contributed by atoms with Gasteiger partial charge in [-0.15, -0.1) is 0 Å². The Morgan fingerprint density at radius 2 is 1.95 bits per heavy atom. The highest BCUT2D eigenvalue weighted by Crippen LogP contribution is 2.39. The van der Waals surface area contributed by atoms with Gasteiger partial charge in [-0.2, -0.15) is 0 Å². The Kier molecular flexibility index (Phi) is 4.15. The Balaban J connectivity index is 1.56. The van der Waals surface area contributed by atoms with Gasteiger partial charge in [0.05, 0.1) is 13.7 Å². The minimum atomic E-state index is 0.0829. The standard InChI is InChI=1S/C17H24N2O2/c1-12(13-3-4-13)19(15-7-8-15)11-17(20)18-14-5-9-16(21-2)10-6-14/h5-6,9-10,12-13,15H,3-4,7-8,11H2,1-2H3,(H,18,20). The summed E-state index contributed by atoms with van der Waals surface area (Å²) in [7, 11) is 1.64. The summed E-state index contributed by atoms with van der Waals surface area (Å²) in [6.45, 7) is 2.78. The lowest BCUT2D eigenvalue weighted by Gasteiger charge is -2.28. The lowest BCUT2D eigenvalue weighted by atomic mass is 10.1. The van der Waals surface area contributed by atoms with Crippen LogP contribution < -0.4 is 10.1 Å². The summed E-state index contributed by atoms with van der Waals surface area (Å²) in [6, 6.07) is 8.65. The quantitative estimate of drug-likeness (QED) is 0.839. The number of methoxy groups -OCH3 is 1. The summed E-state index contributed by atoms with van der Waals surface area (Å²) < 4.78 is 5.12. The van der Waals surface area contributed by atoms with Crippen molar-refractivity contribution in [3.63, 3.8) is 0 Å². The number of hydrogen-bond donors (Lipinski definition) is 1.